The molecule has 1 aliphatic heterocycles. The summed E-state index contributed by atoms with van der Waals surface area (Å²) in [5.41, 5.74) is -0.258. The lowest BCUT2D eigenvalue weighted by Gasteiger charge is -2.19. The number of amides is 1. The van der Waals surface area contributed by atoms with Gasteiger partial charge in [-0.2, -0.15) is 0 Å². The van der Waals surface area contributed by atoms with Gasteiger partial charge in [-0.3, -0.25) is 9.59 Å². The number of hydrogen-bond acceptors (Lipinski definition) is 2. The fourth-order valence-corrected chi connectivity index (χ4v) is 1.86. The summed E-state index contributed by atoms with van der Waals surface area (Å²) >= 11 is 0. The van der Waals surface area contributed by atoms with Gasteiger partial charge >= 0.3 is 0 Å². The zero-order valence-corrected chi connectivity index (χ0v) is 10.1. The first-order chi connectivity index (χ1) is 6.80. The van der Waals surface area contributed by atoms with Crippen molar-refractivity contribution in [2.75, 3.05) is 0 Å². The van der Waals surface area contributed by atoms with E-state index in [-0.39, 0.29) is 23.1 Å². The predicted molar refractivity (Wildman–Crippen MR) is 59.4 cm³/mol. The maximum absolute atomic E-state index is 11.7. The molecular formula is C12H21NO2. The lowest BCUT2D eigenvalue weighted by molar-refractivity contribution is -0.126. The van der Waals surface area contributed by atoms with Crippen LogP contribution in [0.15, 0.2) is 0 Å². The minimum absolute atomic E-state index is 0.121. The van der Waals surface area contributed by atoms with Gasteiger partial charge in [-0.05, 0) is 12.3 Å². The molecule has 3 nitrogen and oxygen atoms in total. The van der Waals surface area contributed by atoms with E-state index in [9.17, 15) is 9.59 Å². The van der Waals surface area contributed by atoms with Crippen molar-refractivity contribution in [3.63, 3.8) is 0 Å². The fraction of sp³-hybridized carbons (Fsp3) is 0.833. The van der Waals surface area contributed by atoms with E-state index in [2.05, 4.69) is 12.2 Å². The number of ketones is 1. The van der Waals surface area contributed by atoms with Crippen LogP contribution in [0, 0.1) is 11.3 Å². The molecular weight excluding hydrogens is 190 g/mol. The Morgan fingerprint density at radius 3 is 2.47 bits per heavy atom. The summed E-state index contributed by atoms with van der Waals surface area (Å²) in [6, 6.07) is 0.198. The lowest BCUT2D eigenvalue weighted by atomic mass is 9.86. The highest BCUT2D eigenvalue weighted by molar-refractivity contribution is 5.84. The van der Waals surface area contributed by atoms with E-state index in [1.165, 1.54) is 0 Å². The molecule has 0 spiro atoms. The van der Waals surface area contributed by atoms with Crippen LogP contribution in [0.2, 0.25) is 0 Å². The zero-order chi connectivity index (χ0) is 11.6. The van der Waals surface area contributed by atoms with Gasteiger partial charge in [0.15, 0.2) is 0 Å². The average Bonchev–Trinajstić information content (AvgIpc) is 2.39. The van der Waals surface area contributed by atoms with E-state index >= 15 is 0 Å². The number of nitrogens with one attached hydrogen (secondary N) is 1. The second-order valence-electron chi connectivity index (χ2n) is 5.57. The minimum Gasteiger partial charge on any atom is -0.353 e. The van der Waals surface area contributed by atoms with Crippen molar-refractivity contribution in [3.05, 3.63) is 0 Å². The number of carbonyl (C=O) groups is 2. The number of carbonyl (C=O) groups excluding carboxylic acids is 2. The summed E-state index contributed by atoms with van der Waals surface area (Å²) in [6.45, 7) is 7.87. The SMILES string of the molecule is CC1CC(=O)NC1CCC(=O)C(C)(C)C. The molecule has 0 aromatic carbocycles. The monoisotopic (exact) mass is 211 g/mol. The van der Waals surface area contributed by atoms with Crippen molar-refractivity contribution < 1.29 is 9.59 Å². The van der Waals surface area contributed by atoms with Crippen LogP contribution >= 0.6 is 0 Å². The summed E-state index contributed by atoms with van der Waals surface area (Å²) in [5, 5.41) is 2.92. The van der Waals surface area contributed by atoms with Crippen molar-refractivity contribution in [1.82, 2.24) is 5.32 Å². The molecule has 3 heteroatoms. The Kier molecular flexibility index (Phi) is 3.53. The Bertz CT molecular complexity index is 265. The van der Waals surface area contributed by atoms with Crippen LogP contribution in [0.4, 0.5) is 0 Å². The molecule has 0 aromatic heterocycles. The van der Waals surface area contributed by atoms with E-state index in [4.69, 9.17) is 0 Å². The highest BCUT2D eigenvalue weighted by Gasteiger charge is 2.30. The van der Waals surface area contributed by atoms with Crippen LogP contribution in [-0.2, 0) is 9.59 Å². The molecule has 2 unspecified atom stereocenters. The molecule has 1 rings (SSSR count). The summed E-state index contributed by atoms with van der Waals surface area (Å²) < 4.78 is 0. The van der Waals surface area contributed by atoms with Crippen LogP contribution in [0.5, 0.6) is 0 Å². The molecule has 1 N–H and O–H groups in total. The Labute approximate surface area is 91.6 Å². The van der Waals surface area contributed by atoms with E-state index < -0.39 is 0 Å². The third-order valence-corrected chi connectivity index (χ3v) is 3.06. The third kappa shape index (κ3) is 3.33. The van der Waals surface area contributed by atoms with Crippen molar-refractivity contribution in [2.24, 2.45) is 11.3 Å². The quantitative estimate of drug-likeness (QED) is 0.775. The molecule has 1 aliphatic rings. The summed E-state index contributed by atoms with van der Waals surface area (Å²) in [7, 11) is 0. The lowest BCUT2D eigenvalue weighted by Crippen LogP contribution is -2.30. The first-order valence-corrected chi connectivity index (χ1v) is 5.63. The van der Waals surface area contributed by atoms with Gasteiger partial charge in [0.25, 0.3) is 0 Å². The third-order valence-electron chi connectivity index (χ3n) is 3.06. The molecule has 2 atom stereocenters. The van der Waals surface area contributed by atoms with Gasteiger partial charge in [-0.25, -0.2) is 0 Å². The fourth-order valence-electron chi connectivity index (χ4n) is 1.86. The maximum atomic E-state index is 11.7. The highest BCUT2D eigenvalue weighted by atomic mass is 16.2. The Morgan fingerprint density at radius 1 is 1.47 bits per heavy atom. The van der Waals surface area contributed by atoms with Crippen LogP contribution < -0.4 is 5.32 Å². The Morgan fingerprint density at radius 2 is 2.07 bits per heavy atom. The van der Waals surface area contributed by atoms with Gasteiger partial charge in [0.1, 0.15) is 5.78 Å². The smallest absolute Gasteiger partial charge is 0.220 e. The maximum Gasteiger partial charge on any atom is 0.220 e. The first-order valence-electron chi connectivity index (χ1n) is 5.63. The van der Waals surface area contributed by atoms with Crippen molar-refractivity contribution in [3.8, 4) is 0 Å². The van der Waals surface area contributed by atoms with E-state index in [0.29, 0.717) is 18.8 Å². The molecule has 0 radical (unpaired) electrons. The summed E-state index contributed by atoms with van der Waals surface area (Å²) in [5.74, 6) is 0.761. The molecule has 0 saturated carbocycles. The second-order valence-corrected chi connectivity index (χ2v) is 5.57. The summed E-state index contributed by atoms with van der Waals surface area (Å²) in [6.07, 6.45) is 1.95. The Balaban J connectivity index is 2.38. The summed E-state index contributed by atoms with van der Waals surface area (Å²) in [4.78, 5) is 22.8. The molecule has 1 heterocycles. The van der Waals surface area contributed by atoms with Gasteiger partial charge in [0.05, 0.1) is 0 Å². The van der Waals surface area contributed by atoms with Gasteiger partial charge < -0.3 is 5.32 Å². The first kappa shape index (κ1) is 12.2. The number of hydrogen-bond donors (Lipinski definition) is 1. The van der Waals surface area contributed by atoms with Crippen molar-refractivity contribution >= 4 is 11.7 Å². The van der Waals surface area contributed by atoms with Crippen LogP contribution in [0.3, 0.4) is 0 Å². The largest absolute Gasteiger partial charge is 0.353 e. The second kappa shape index (κ2) is 4.33. The van der Waals surface area contributed by atoms with Crippen molar-refractivity contribution in [2.45, 2.75) is 53.0 Å². The molecule has 0 aromatic rings. The molecule has 0 bridgehead atoms. The van der Waals surface area contributed by atoms with Crippen LogP contribution in [-0.4, -0.2) is 17.7 Å². The molecule has 0 aliphatic carbocycles. The zero-order valence-electron chi connectivity index (χ0n) is 10.1. The Hall–Kier alpha value is -0.860. The normalized spacial score (nSPS) is 26.5. The van der Waals surface area contributed by atoms with Gasteiger partial charge in [0.2, 0.25) is 5.91 Å². The standard InChI is InChI=1S/C12H21NO2/c1-8-7-11(15)13-9(8)5-6-10(14)12(2,3)4/h8-9H,5-7H2,1-4H3,(H,13,15). The topological polar surface area (TPSA) is 46.2 Å². The number of rotatable bonds is 3. The van der Waals surface area contributed by atoms with Crippen LogP contribution in [0.1, 0.15) is 47.0 Å². The van der Waals surface area contributed by atoms with Gasteiger partial charge in [-0.15, -0.1) is 0 Å². The van der Waals surface area contributed by atoms with E-state index in [0.717, 1.165) is 6.42 Å². The van der Waals surface area contributed by atoms with Crippen molar-refractivity contribution in [1.29, 1.82) is 0 Å². The molecule has 15 heavy (non-hydrogen) atoms. The molecule has 86 valence electrons. The van der Waals surface area contributed by atoms with Gasteiger partial charge in [0, 0.05) is 24.3 Å². The molecule has 1 saturated heterocycles. The molecule has 1 fully saturated rings. The predicted octanol–water partition coefficient (Wildman–Crippen LogP) is 1.91. The van der Waals surface area contributed by atoms with Gasteiger partial charge in [-0.1, -0.05) is 27.7 Å². The van der Waals surface area contributed by atoms with E-state index in [1.807, 2.05) is 20.8 Å². The minimum atomic E-state index is -0.258. The van der Waals surface area contributed by atoms with Crippen LogP contribution in [0.25, 0.3) is 0 Å². The molecule has 1 amide bonds. The van der Waals surface area contributed by atoms with E-state index in [1.54, 1.807) is 0 Å². The highest BCUT2D eigenvalue weighted by Crippen LogP contribution is 2.23. The average molecular weight is 211 g/mol. The number of Topliss-reactive ketones (excluding diaryl/α,β-unsaturated/α-hetero) is 1.